The Hall–Kier alpha value is -0.870. The number of rotatable bonds is 4. The number of hydrogen-bond donors (Lipinski definition) is 1. The van der Waals surface area contributed by atoms with E-state index in [2.05, 4.69) is 6.07 Å². The molecule has 0 aliphatic heterocycles. The lowest BCUT2D eigenvalue weighted by Gasteiger charge is -2.24. The molecule has 1 aliphatic carbocycles. The standard InChI is InChI=1S/C17H27NO2S/c1-13-8-14(2)10-15(9-13)12-21(19,20)17-7-5-3-4-6-16(17)11-18/h8-10,16-17H,3-7,11-12,18H2,1-2H3. The van der Waals surface area contributed by atoms with Crippen molar-refractivity contribution in [2.75, 3.05) is 6.54 Å². The summed E-state index contributed by atoms with van der Waals surface area (Å²) >= 11 is 0. The molecule has 1 saturated carbocycles. The van der Waals surface area contributed by atoms with Crippen LogP contribution < -0.4 is 5.73 Å². The SMILES string of the molecule is Cc1cc(C)cc(CS(=O)(=O)C2CCCCCC2CN)c1. The lowest BCUT2D eigenvalue weighted by atomic mass is 10.0. The molecule has 21 heavy (non-hydrogen) atoms. The lowest BCUT2D eigenvalue weighted by molar-refractivity contribution is 0.456. The summed E-state index contributed by atoms with van der Waals surface area (Å²) in [7, 11) is -3.13. The highest BCUT2D eigenvalue weighted by Crippen LogP contribution is 2.30. The Morgan fingerprint density at radius 1 is 1.05 bits per heavy atom. The van der Waals surface area contributed by atoms with Crippen molar-refractivity contribution in [2.24, 2.45) is 11.7 Å². The zero-order valence-electron chi connectivity index (χ0n) is 13.1. The maximum absolute atomic E-state index is 12.8. The van der Waals surface area contributed by atoms with Crippen molar-refractivity contribution >= 4 is 9.84 Å². The minimum atomic E-state index is -3.13. The van der Waals surface area contributed by atoms with E-state index in [-0.39, 0.29) is 16.9 Å². The summed E-state index contributed by atoms with van der Waals surface area (Å²) in [4.78, 5) is 0. The molecule has 1 aromatic rings. The van der Waals surface area contributed by atoms with Crippen molar-refractivity contribution in [3.63, 3.8) is 0 Å². The summed E-state index contributed by atoms with van der Waals surface area (Å²) in [5.74, 6) is 0.278. The predicted octanol–water partition coefficient (Wildman–Crippen LogP) is 3.13. The van der Waals surface area contributed by atoms with Crippen LogP contribution in [0.3, 0.4) is 0 Å². The highest BCUT2D eigenvalue weighted by molar-refractivity contribution is 7.91. The van der Waals surface area contributed by atoms with E-state index >= 15 is 0 Å². The zero-order valence-corrected chi connectivity index (χ0v) is 14.0. The molecule has 2 atom stereocenters. The molecular formula is C17H27NO2S. The van der Waals surface area contributed by atoms with Crippen LogP contribution in [-0.2, 0) is 15.6 Å². The van der Waals surface area contributed by atoms with E-state index in [1.165, 1.54) is 0 Å². The van der Waals surface area contributed by atoms with Crippen molar-refractivity contribution in [2.45, 2.75) is 57.0 Å². The lowest BCUT2D eigenvalue weighted by Crippen LogP contribution is -2.34. The molecule has 1 aliphatic rings. The molecule has 0 heterocycles. The average molecular weight is 309 g/mol. The third-order valence-corrected chi connectivity index (χ3v) is 6.78. The van der Waals surface area contributed by atoms with Crippen LogP contribution in [0.25, 0.3) is 0 Å². The number of aryl methyl sites for hydroxylation is 2. The van der Waals surface area contributed by atoms with Gasteiger partial charge in [0, 0.05) is 0 Å². The van der Waals surface area contributed by atoms with Crippen LogP contribution in [0.1, 0.15) is 48.8 Å². The Balaban J connectivity index is 2.23. The fraction of sp³-hybridized carbons (Fsp3) is 0.647. The molecule has 0 aromatic heterocycles. The molecule has 3 nitrogen and oxygen atoms in total. The van der Waals surface area contributed by atoms with Gasteiger partial charge in [-0.25, -0.2) is 8.42 Å². The van der Waals surface area contributed by atoms with Crippen molar-refractivity contribution < 1.29 is 8.42 Å². The molecule has 0 radical (unpaired) electrons. The van der Waals surface area contributed by atoms with E-state index in [9.17, 15) is 8.42 Å². The summed E-state index contributed by atoms with van der Waals surface area (Å²) < 4.78 is 25.7. The Labute approximate surface area is 128 Å². The Bertz CT molecular complexity index is 560. The molecule has 0 bridgehead atoms. The summed E-state index contributed by atoms with van der Waals surface area (Å²) in [6.45, 7) is 4.51. The minimum absolute atomic E-state index is 0.128. The van der Waals surface area contributed by atoms with Crippen LogP contribution in [0.2, 0.25) is 0 Å². The Kier molecular flexibility index (Phi) is 5.44. The number of benzene rings is 1. The van der Waals surface area contributed by atoms with Gasteiger partial charge in [-0.15, -0.1) is 0 Å². The first-order valence-corrected chi connectivity index (χ1v) is 9.63. The second kappa shape index (κ2) is 6.93. The van der Waals surface area contributed by atoms with Crippen LogP contribution in [-0.4, -0.2) is 20.2 Å². The maximum atomic E-state index is 12.8. The largest absolute Gasteiger partial charge is 0.330 e. The fourth-order valence-corrected chi connectivity index (χ4v) is 5.79. The normalized spacial score (nSPS) is 23.8. The van der Waals surface area contributed by atoms with Gasteiger partial charge < -0.3 is 5.73 Å². The Morgan fingerprint density at radius 2 is 1.67 bits per heavy atom. The summed E-state index contributed by atoms with van der Waals surface area (Å²) in [5, 5.41) is -0.259. The number of sulfone groups is 1. The van der Waals surface area contributed by atoms with Crippen LogP contribution in [0, 0.1) is 19.8 Å². The summed E-state index contributed by atoms with van der Waals surface area (Å²) in [6, 6.07) is 6.04. The molecule has 4 heteroatoms. The molecule has 2 N–H and O–H groups in total. The van der Waals surface area contributed by atoms with Crippen LogP contribution in [0.5, 0.6) is 0 Å². The van der Waals surface area contributed by atoms with E-state index in [1.54, 1.807) is 0 Å². The molecule has 0 spiro atoms. The average Bonchev–Trinajstić information content (AvgIpc) is 2.62. The topological polar surface area (TPSA) is 60.2 Å². The molecular weight excluding hydrogens is 282 g/mol. The number of nitrogens with two attached hydrogens (primary N) is 1. The van der Waals surface area contributed by atoms with Gasteiger partial charge >= 0.3 is 0 Å². The number of hydrogen-bond acceptors (Lipinski definition) is 3. The molecule has 1 fully saturated rings. The van der Waals surface area contributed by atoms with E-state index in [0.29, 0.717) is 6.54 Å². The van der Waals surface area contributed by atoms with Gasteiger partial charge in [-0.2, -0.15) is 0 Å². The van der Waals surface area contributed by atoms with Crippen molar-refractivity contribution in [1.29, 1.82) is 0 Å². The van der Waals surface area contributed by atoms with Gasteiger partial charge in [0.1, 0.15) is 0 Å². The van der Waals surface area contributed by atoms with Crippen LogP contribution in [0.15, 0.2) is 18.2 Å². The predicted molar refractivity (Wildman–Crippen MR) is 88.0 cm³/mol. The fourth-order valence-electron chi connectivity index (χ4n) is 3.58. The summed E-state index contributed by atoms with van der Waals surface area (Å²) in [6.07, 6.45) is 4.97. The quantitative estimate of drug-likeness (QED) is 0.869. The molecule has 0 saturated heterocycles. The van der Waals surface area contributed by atoms with E-state index in [0.717, 1.165) is 48.8 Å². The highest BCUT2D eigenvalue weighted by atomic mass is 32.2. The highest BCUT2D eigenvalue weighted by Gasteiger charge is 2.33. The summed E-state index contributed by atoms with van der Waals surface area (Å²) in [5.41, 5.74) is 8.99. The molecule has 2 unspecified atom stereocenters. The van der Waals surface area contributed by atoms with Gasteiger partial charge in [0.25, 0.3) is 0 Å². The van der Waals surface area contributed by atoms with Gasteiger partial charge in [-0.05, 0) is 44.7 Å². The van der Waals surface area contributed by atoms with Gasteiger partial charge in [-0.3, -0.25) is 0 Å². The molecule has 118 valence electrons. The molecule has 0 amide bonds. The Morgan fingerprint density at radius 3 is 2.29 bits per heavy atom. The van der Waals surface area contributed by atoms with Gasteiger partial charge in [0.2, 0.25) is 0 Å². The van der Waals surface area contributed by atoms with Crippen molar-refractivity contribution in [3.8, 4) is 0 Å². The van der Waals surface area contributed by atoms with Gasteiger partial charge in [0.15, 0.2) is 9.84 Å². The molecule has 2 rings (SSSR count). The first-order chi connectivity index (χ1) is 9.92. The monoisotopic (exact) mass is 309 g/mol. The van der Waals surface area contributed by atoms with Gasteiger partial charge in [0.05, 0.1) is 11.0 Å². The smallest absolute Gasteiger partial charge is 0.157 e. The first-order valence-electron chi connectivity index (χ1n) is 7.91. The van der Waals surface area contributed by atoms with E-state index in [1.807, 2.05) is 26.0 Å². The third kappa shape index (κ3) is 4.30. The van der Waals surface area contributed by atoms with E-state index < -0.39 is 9.84 Å². The van der Waals surface area contributed by atoms with Crippen LogP contribution >= 0.6 is 0 Å². The van der Waals surface area contributed by atoms with Crippen molar-refractivity contribution in [1.82, 2.24) is 0 Å². The minimum Gasteiger partial charge on any atom is -0.330 e. The van der Waals surface area contributed by atoms with Crippen LogP contribution in [0.4, 0.5) is 0 Å². The maximum Gasteiger partial charge on any atom is 0.157 e. The zero-order chi connectivity index (χ0) is 15.5. The third-order valence-electron chi connectivity index (χ3n) is 4.50. The van der Waals surface area contributed by atoms with E-state index in [4.69, 9.17) is 5.73 Å². The van der Waals surface area contributed by atoms with Gasteiger partial charge in [-0.1, -0.05) is 48.6 Å². The molecule has 1 aromatic carbocycles. The first kappa shape index (κ1) is 16.5. The second-order valence-corrected chi connectivity index (χ2v) is 8.70. The second-order valence-electron chi connectivity index (χ2n) is 6.48. The van der Waals surface area contributed by atoms with Crippen molar-refractivity contribution in [3.05, 3.63) is 34.9 Å².